The lowest BCUT2D eigenvalue weighted by atomic mass is 9.85. The maximum Gasteiger partial charge on any atom is 0.391 e. The molecular weight excluding hydrogens is 496 g/mol. The smallest absolute Gasteiger partial charge is 0.356 e. The van der Waals surface area contributed by atoms with Crippen molar-refractivity contribution in [2.24, 2.45) is 10.9 Å². The van der Waals surface area contributed by atoms with Crippen LogP contribution in [0.5, 0.6) is 0 Å². The number of rotatable bonds is 6. The van der Waals surface area contributed by atoms with Crippen molar-refractivity contribution in [3.05, 3.63) is 35.9 Å². The summed E-state index contributed by atoms with van der Waals surface area (Å²) < 4.78 is 39.2. The fraction of sp³-hybridized carbons (Fsp3) is 0.600. The number of amides is 1. The summed E-state index contributed by atoms with van der Waals surface area (Å²) in [7, 11) is 3.28. The Morgan fingerprint density at radius 1 is 1.21 bits per heavy atom. The van der Waals surface area contributed by atoms with Gasteiger partial charge in [-0.1, -0.05) is 36.8 Å². The highest BCUT2D eigenvalue weighted by atomic mass is 127. The van der Waals surface area contributed by atoms with Crippen molar-refractivity contribution < 1.29 is 18.0 Å². The highest BCUT2D eigenvalue weighted by Gasteiger charge is 2.42. The van der Waals surface area contributed by atoms with Crippen molar-refractivity contribution in [2.75, 3.05) is 27.2 Å². The maximum atomic E-state index is 13.1. The summed E-state index contributed by atoms with van der Waals surface area (Å²) in [6.07, 6.45) is -2.03. The van der Waals surface area contributed by atoms with E-state index in [9.17, 15) is 18.0 Å². The zero-order valence-corrected chi connectivity index (χ0v) is 19.2. The van der Waals surface area contributed by atoms with E-state index in [-0.39, 0.29) is 55.3 Å². The average Bonchev–Trinajstić information content (AvgIpc) is 2.66. The van der Waals surface area contributed by atoms with Crippen LogP contribution in [0.1, 0.15) is 31.2 Å². The number of guanidine groups is 1. The van der Waals surface area contributed by atoms with Crippen molar-refractivity contribution >= 4 is 35.8 Å². The summed E-state index contributed by atoms with van der Waals surface area (Å²) in [5.74, 6) is -1.06. The van der Waals surface area contributed by atoms with Crippen LogP contribution in [0.25, 0.3) is 0 Å². The summed E-state index contributed by atoms with van der Waals surface area (Å²) in [5.41, 5.74) is 1.15. The first-order valence-corrected chi connectivity index (χ1v) is 9.61. The first-order chi connectivity index (χ1) is 13.3. The molecule has 164 valence electrons. The lowest BCUT2D eigenvalue weighted by Crippen LogP contribution is -2.47. The number of nitrogens with zero attached hydrogens (tertiary/aromatic N) is 2. The third-order valence-corrected chi connectivity index (χ3v) is 4.90. The SMILES string of the molecule is CN(C)C(=O)CN=C(NCCc1ccccc1)NC1CCCC(C(F)(F)F)C1.I. The molecule has 0 aliphatic heterocycles. The van der Waals surface area contributed by atoms with Crippen LogP contribution < -0.4 is 10.6 Å². The van der Waals surface area contributed by atoms with Gasteiger partial charge in [-0.2, -0.15) is 13.2 Å². The first-order valence-electron chi connectivity index (χ1n) is 9.61. The second kappa shape index (κ2) is 12.2. The Balaban J connectivity index is 0.00000420. The number of carbonyl (C=O) groups is 1. The number of alkyl halides is 3. The molecule has 2 N–H and O–H groups in total. The molecule has 2 atom stereocenters. The van der Waals surface area contributed by atoms with Gasteiger partial charge < -0.3 is 15.5 Å². The van der Waals surface area contributed by atoms with E-state index < -0.39 is 12.1 Å². The highest BCUT2D eigenvalue weighted by Crippen LogP contribution is 2.37. The molecule has 1 aromatic carbocycles. The van der Waals surface area contributed by atoms with Crippen LogP contribution in [0.3, 0.4) is 0 Å². The maximum absolute atomic E-state index is 13.1. The number of hydrogen-bond acceptors (Lipinski definition) is 2. The minimum absolute atomic E-state index is 0. The van der Waals surface area contributed by atoms with Crippen LogP contribution in [0, 0.1) is 5.92 Å². The molecular formula is C20H30F3IN4O. The van der Waals surface area contributed by atoms with Gasteiger partial charge in [0.2, 0.25) is 5.91 Å². The fourth-order valence-corrected chi connectivity index (χ4v) is 3.22. The van der Waals surface area contributed by atoms with E-state index in [0.717, 1.165) is 12.0 Å². The van der Waals surface area contributed by atoms with Crippen molar-refractivity contribution in [3.63, 3.8) is 0 Å². The minimum atomic E-state index is -4.17. The van der Waals surface area contributed by atoms with E-state index in [4.69, 9.17) is 0 Å². The molecule has 1 aliphatic carbocycles. The van der Waals surface area contributed by atoms with E-state index in [1.165, 1.54) is 4.90 Å². The second-order valence-corrected chi connectivity index (χ2v) is 7.36. The average molecular weight is 526 g/mol. The molecule has 0 spiro atoms. The van der Waals surface area contributed by atoms with Gasteiger partial charge >= 0.3 is 6.18 Å². The second-order valence-electron chi connectivity index (χ2n) is 7.36. The summed E-state index contributed by atoms with van der Waals surface area (Å²) in [6, 6.07) is 9.57. The topological polar surface area (TPSA) is 56.7 Å². The van der Waals surface area contributed by atoms with Gasteiger partial charge in [-0.3, -0.25) is 4.79 Å². The Morgan fingerprint density at radius 3 is 2.52 bits per heavy atom. The highest BCUT2D eigenvalue weighted by molar-refractivity contribution is 14.0. The Bertz CT molecular complexity index is 653. The number of carbonyl (C=O) groups excluding carboxylic acids is 1. The number of likely N-dealkylation sites (N-methyl/N-ethyl adjacent to an activating group) is 1. The molecule has 0 bridgehead atoms. The van der Waals surface area contributed by atoms with Crippen LogP contribution >= 0.6 is 24.0 Å². The summed E-state index contributed by atoms with van der Waals surface area (Å²) in [4.78, 5) is 17.5. The van der Waals surface area contributed by atoms with E-state index in [1.54, 1.807) is 14.1 Å². The zero-order chi connectivity index (χ0) is 20.6. The predicted octanol–water partition coefficient (Wildman–Crippen LogP) is 3.59. The number of halogens is 4. The molecule has 0 aromatic heterocycles. The van der Waals surface area contributed by atoms with Gasteiger partial charge in [-0.15, -0.1) is 24.0 Å². The van der Waals surface area contributed by atoms with Gasteiger partial charge in [-0.25, -0.2) is 4.99 Å². The van der Waals surface area contributed by atoms with Crippen LogP contribution in [0.2, 0.25) is 0 Å². The number of nitrogens with one attached hydrogen (secondary N) is 2. The zero-order valence-electron chi connectivity index (χ0n) is 16.8. The van der Waals surface area contributed by atoms with Gasteiger partial charge in [0.25, 0.3) is 0 Å². The van der Waals surface area contributed by atoms with Gasteiger partial charge in [0, 0.05) is 26.7 Å². The Kier molecular flexibility index (Phi) is 10.8. The van der Waals surface area contributed by atoms with Gasteiger partial charge in [0.05, 0.1) is 5.92 Å². The lowest BCUT2D eigenvalue weighted by molar-refractivity contribution is -0.183. The van der Waals surface area contributed by atoms with E-state index in [1.807, 2.05) is 30.3 Å². The molecule has 1 fully saturated rings. The first kappa shape index (κ1) is 25.5. The molecule has 2 rings (SSSR count). The quantitative estimate of drug-likeness (QED) is 0.339. The third kappa shape index (κ3) is 9.22. The largest absolute Gasteiger partial charge is 0.391 e. The van der Waals surface area contributed by atoms with Gasteiger partial charge in [0.15, 0.2) is 5.96 Å². The van der Waals surface area contributed by atoms with Crippen molar-refractivity contribution in [2.45, 2.75) is 44.3 Å². The number of aliphatic imine (C=N–C) groups is 1. The monoisotopic (exact) mass is 526 g/mol. The Labute approximate surface area is 187 Å². The normalized spacial score (nSPS) is 19.8. The van der Waals surface area contributed by atoms with Crippen LogP contribution in [-0.4, -0.2) is 56.2 Å². The minimum Gasteiger partial charge on any atom is -0.356 e. The summed E-state index contributed by atoms with van der Waals surface area (Å²) in [6.45, 7) is 0.518. The van der Waals surface area contributed by atoms with E-state index in [2.05, 4.69) is 15.6 Å². The number of hydrogen-bond donors (Lipinski definition) is 2. The van der Waals surface area contributed by atoms with Crippen LogP contribution in [0.15, 0.2) is 35.3 Å². The lowest BCUT2D eigenvalue weighted by Gasteiger charge is -2.32. The molecule has 2 unspecified atom stereocenters. The van der Waals surface area contributed by atoms with Gasteiger partial charge in [0.1, 0.15) is 6.54 Å². The van der Waals surface area contributed by atoms with Gasteiger partial charge in [-0.05, 0) is 31.2 Å². The molecule has 0 heterocycles. The molecule has 0 saturated heterocycles. The molecule has 5 nitrogen and oxygen atoms in total. The molecule has 1 amide bonds. The summed E-state index contributed by atoms with van der Waals surface area (Å²) >= 11 is 0. The molecule has 9 heteroatoms. The van der Waals surface area contributed by atoms with Crippen molar-refractivity contribution in [1.82, 2.24) is 15.5 Å². The standard InChI is InChI=1S/C20H29F3N4O.HI/c1-27(2)18(28)14-25-19(24-12-11-15-7-4-3-5-8-15)26-17-10-6-9-16(13-17)20(21,22)23;/h3-5,7-8,16-17H,6,9-14H2,1-2H3,(H2,24,25,26);1H. The van der Waals surface area contributed by atoms with E-state index in [0.29, 0.717) is 25.3 Å². The molecule has 1 saturated carbocycles. The van der Waals surface area contributed by atoms with Crippen molar-refractivity contribution in [1.29, 1.82) is 0 Å². The fourth-order valence-electron chi connectivity index (χ4n) is 3.22. The molecule has 29 heavy (non-hydrogen) atoms. The summed E-state index contributed by atoms with van der Waals surface area (Å²) in [5, 5.41) is 6.26. The Hall–Kier alpha value is -1.52. The molecule has 1 aromatic rings. The predicted molar refractivity (Wildman–Crippen MR) is 119 cm³/mol. The van der Waals surface area contributed by atoms with Crippen molar-refractivity contribution in [3.8, 4) is 0 Å². The van der Waals surface area contributed by atoms with E-state index >= 15 is 0 Å². The van der Waals surface area contributed by atoms with Crippen LogP contribution in [-0.2, 0) is 11.2 Å². The Morgan fingerprint density at radius 2 is 1.90 bits per heavy atom. The third-order valence-electron chi connectivity index (χ3n) is 4.90. The number of benzene rings is 1. The van der Waals surface area contributed by atoms with Crippen LogP contribution in [0.4, 0.5) is 13.2 Å². The molecule has 0 radical (unpaired) electrons. The molecule has 1 aliphatic rings.